The van der Waals surface area contributed by atoms with Crippen molar-refractivity contribution >= 4 is 6.15 Å². The summed E-state index contributed by atoms with van der Waals surface area (Å²) in [4.78, 5) is 16.2. The second-order valence-corrected chi connectivity index (χ2v) is 1.14. The molecule has 1 aliphatic carbocycles. The second-order valence-electron chi connectivity index (χ2n) is 1.14. The maximum atomic E-state index is 8.12. The molecule has 1 rings (SSSR count). The zero-order chi connectivity index (χ0) is 4.83. The molecule has 0 aromatic carbocycles. The molecule has 0 atom stereocenters. The molecule has 2 nitrogen and oxygen atoms in total. The van der Waals surface area contributed by atoms with Crippen molar-refractivity contribution in [2.24, 2.45) is 0 Å². The Morgan fingerprint density at radius 3 is 1.17 bits per heavy atom. The van der Waals surface area contributed by atoms with E-state index in [9.17, 15) is 0 Å². The van der Waals surface area contributed by atoms with Gasteiger partial charge < -0.3 is 0 Å². The quantitative estimate of drug-likeness (QED) is 0.432. The van der Waals surface area contributed by atoms with E-state index in [0.717, 1.165) is 0 Å². The van der Waals surface area contributed by atoms with Gasteiger partial charge in [-0.3, -0.25) is 0 Å². The Morgan fingerprint density at radius 2 is 1.17 bits per heavy atom. The number of rotatable bonds is 0. The fourth-order valence-electron chi connectivity index (χ4n) is 0. The van der Waals surface area contributed by atoms with Crippen molar-refractivity contribution in [1.82, 2.24) is 0 Å². The molecule has 0 aromatic heterocycles. The fourth-order valence-corrected chi connectivity index (χ4v) is 0. The first-order valence-corrected chi connectivity index (χ1v) is 1.91. The molecule has 0 aromatic rings. The highest BCUT2D eigenvalue weighted by Gasteiger charge is 1.95. The van der Waals surface area contributed by atoms with E-state index in [1.165, 1.54) is 19.3 Å². The van der Waals surface area contributed by atoms with Crippen LogP contribution in [0.2, 0.25) is 0 Å². The van der Waals surface area contributed by atoms with Crippen LogP contribution < -0.4 is 0 Å². The molecular weight excluding hydrogens is 80.0 g/mol. The highest BCUT2D eigenvalue weighted by Crippen LogP contribution is 2.14. The van der Waals surface area contributed by atoms with Gasteiger partial charge in [-0.15, -0.1) is 0 Å². The van der Waals surface area contributed by atoms with Crippen molar-refractivity contribution in [3.63, 3.8) is 0 Å². The molecule has 0 saturated heterocycles. The van der Waals surface area contributed by atoms with E-state index in [0.29, 0.717) is 0 Å². The average molecular weight is 86.1 g/mol. The molecule has 34 valence electrons. The van der Waals surface area contributed by atoms with Crippen LogP contribution >= 0.6 is 0 Å². The van der Waals surface area contributed by atoms with E-state index >= 15 is 0 Å². The summed E-state index contributed by atoms with van der Waals surface area (Å²) in [5, 5.41) is 0. The van der Waals surface area contributed by atoms with Gasteiger partial charge in [0.05, 0.1) is 0 Å². The van der Waals surface area contributed by atoms with Crippen LogP contribution in [0, 0.1) is 0 Å². The van der Waals surface area contributed by atoms with Crippen LogP contribution in [0.3, 0.4) is 0 Å². The molecule has 0 radical (unpaired) electrons. The Labute approximate surface area is 36.2 Å². The van der Waals surface area contributed by atoms with Crippen molar-refractivity contribution in [2.75, 3.05) is 0 Å². The Kier molecular flexibility index (Phi) is 3.93. The van der Waals surface area contributed by atoms with E-state index in [-0.39, 0.29) is 6.15 Å². The largest absolute Gasteiger partial charge is 0.373 e. The van der Waals surface area contributed by atoms with E-state index < -0.39 is 0 Å². The molecule has 2 heteroatoms. The highest BCUT2D eigenvalue weighted by atomic mass is 16.2. The van der Waals surface area contributed by atoms with Crippen LogP contribution in [0.1, 0.15) is 19.3 Å². The van der Waals surface area contributed by atoms with Gasteiger partial charge in [-0.2, -0.15) is 9.59 Å². The third-order valence-corrected chi connectivity index (χ3v) is 0.354. The highest BCUT2D eigenvalue weighted by molar-refractivity contribution is 5.20. The molecule has 1 aliphatic rings. The summed E-state index contributed by atoms with van der Waals surface area (Å²) >= 11 is 0. The minimum Gasteiger partial charge on any atom is -0.186 e. The summed E-state index contributed by atoms with van der Waals surface area (Å²) in [6.07, 6.45) is 4.75. The van der Waals surface area contributed by atoms with Crippen LogP contribution in [-0.4, -0.2) is 6.15 Å². The first kappa shape index (κ1) is 5.38. The summed E-state index contributed by atoms with van der Waals surface area (Å²) < 4.78 is 0. The van der Waals surface area contributed by atoms with E-state index in [1.807, 2.05) is 0 Å². The summed E-state index contributed by atoms with van der Waals surface area (Å²) in [6, 6.07) is 0. The predicted molar refractivity (Wildman–Crippen MR) is 18.9 cm³/mol. The van der Waals surface area contributed by atoms with Gasteiger partial charge in [-0.1, -0.05) is 19.3 Å². The molecular formula is C4H6O2. The van der Waals surface area contributed by atoms with Crippen molar-refractivity contribution in [3.8, 4) is 0 Å². The van der Waals surface area contributed by atoms with Gasteiger partial charge in [0.2, 0.25) is 0 Å². The van der Waals surface area contributed by atoms with Gasteiger partial charge in [0.25, 0.3) is 0 Å². The zero-order valence-electron chi connectivity index (χ0n) is 3.44. The molecule has 0 spiro atoms. The van der Waals surface area contributed by atoms with Crippen LogP contribution in [0.4, 0.5) is 0 Å². The summed E-state index contributed by atoms with van der Waals surface area (Å²) in [7, 11) is 0. The zero-order valence-corrected chi connectivity index (χ0v) is 3.44. The van der Waals surface area contributed by atoms with Gasteiger partial charge in [0.15, 0.2) is 0 Å². The van der Waals surface area contributed by atoms with Crippen LogP contribution in [0.25, 0.3) is 0 Å². The minimum atomic E-state index is 0.250. The summed E-state index contributed by atoms with van der Waals surface area (Å²) in [6.45, 7) is 0. The Bertz CT molecular complexity index is 47.8. The Hall–Kier alpha value is -0.620. The number of hydrogen-bond acceptors (Lipinski definition) is 2. The maximum absolute atomic E-state index is 8.12. The van der Waals surface area contributed by atoms with Crippen molar-refractivity contribution in [3.05, 3.63) is 0 Å². The third-order valence-electron chi connectivity index (χ3n) is 0.354. The minimum absolute atomic E-state index is 0.250. The maximum Gasteiger partial charge on any atom is 0.373 e. The lowest BCUT2D eigenvalue weighted by Crippen LogP contribution is -1.22. The summed E-state index contributed by atoms with van der Waals surface area (Å²) in [5.41, 5.74) is 0. The predicted octanol–water partition coefficient (Wildman–Crippen LogP) is 0.587. The van der Waals surface area contributed by atoms with Crippen LogP contribution in [-0.2, 0) is 9.59 Å². The van der Waals surface area contributed by atoms with Crippen molar-refractivity contribution in [2.45, 2.75) is 19.3 Å². The molecule has 0 N–H and O–H groups in total. The molecule has 1 fully saturated rings. The number of hydrogen-bond donors (Lipinski definition) is 0. The summed E-state index contributed by atoms with van der Waals surface area (Å²) in [5.74, 6) is 0. The van der Waals surface area contributed by atoms with Gasteiger partial charge in [0.1, 0.15) is 0 Å². The molecule has 6 heavy (non-hydrogen) atoms. The lowest BCUT2D eigenvalue weighted by atomic mass is 11.0. The Balaban J connectivity index is 0.0000000833. The lowest BCUT2D eigenvalue weighted by molar-refractivity contribution is -0.191. The first-order chi connectivity index (χ1) is 2.91. The Morgan fingerprint density at radius 1 is 1.00 bits per heavy atom. The molecule has 1 saturated carbocycles. The first-order valence-electron chi connectivity index (χ1n) is 1.91. The van der Waals surface area contributed by atoms with Crippen molar-refractivity contribution < 1.29 is 9.59 Å². The fraction of sp³-hybridized carbons (Fsp3) is 0.750. The van der Waals surface area contributed by atoms with Crippen molar-refractivity contribution in [1.29, 1.82) is 0 Å². The second kappa shape index (κ2) is 4.38. The third kappa shape index (κ3) is 133. The van der Waals surface area contributed by atoms with Gasteiger partial charge in [0, 0.05) is 0 Å². The van der Waals surface area contributed by atoms with Crippen LogP contribution in [0.5, 0.6) is 0 Å². The lowest BCUT2D eigenvalue weighted by Gasteiger charge is -1.05. The van der Waals surface area contributed by atoms with Gasteiger partial charge in [-0.05, 0) is 0 Å². The van der Waals surface area contributed by atoms with E-state index in [1.54, 1.807) is 0 Å². The number of carbonyl (C=O) groups excluding carboxylic acids is 2. The van der Waals surface area contributed by atoms with Crippen LogP contribution in [0.15, 0.2) is 0 Å². The standard InChI is InChI=1S/C3H6.CO2/c1-2-3-1;2-1-3/h1-3H2;. The molecule has 0 bridgehead atoms. The van der Waals surface area contributed by atoms with Gasteiger partial charge in [-0.25, -0.2) is 0 Å². The van der Waals surface area contributed by atoms with E-state index in [2.05, 4.69) is 0 Å². The van der Waals surface area contributed by atoms with Gasteiger partial charge >= 0.3 is 6.15 Å². The average Bonchev–Trinajstić information content (AvgIpc) is 2.11. The molecule has 0 amide bonds. The smallest absolute Gasteiger partial charge is 0.186 e. The molecule has 0 heterocycles. The molecule has 0 unspecified atom stereocenters. The monoisotopic (exact) mass is 86.0 g/mol. The SMILES string of the molecule is C1CC1.O=C=O. The molecule has 0 aliphatic heterocycles. The normalized spacial score (nSPS) is 13.3. The topological polar surface area (TPSA) is 34.1 Å². The van der Waals surface area contributed by atoms with E-state index in [4.69, 9.17) is 9.59 Å².